The molecule has 0 spiro atoms. The largest absolute Gasteiger partial charge is 0.481 e. The summed E-state index contributed by atoms with van der Waals surface area (Å²) in [6.07, 6.45) is -11.2. The third-order valence-corrected chi connectivity index (χ3v) is 10.4. The molecule has 13 atom stereocenters. The first-order valence-corrected chi connectivity index (χ1v) is 20.7. The highest BCUT2D eigenvalue weighted by atomic mass is 16.6. The molecule has 0 radical (unpaired) electrons. The van der Waals surface area contributed by atoms with E-state index in [1.54, 1.807) is 13.8 Å². The van der Waals surface area contributed by atoms with Gasteiger partial charge in [-0.15, -0.1) is 0 Å². The number of carboxylic acids is 4. The summed E-state index contributed by atoms with van der Waals surface area (Å²) in [5.41, 5.74) is 0. The number of aliphatic hydroxyl groups excluding tert-OH is 7. The monoisotopic (exact) mass is 883 g/mol. The Morgan fingerprint density at radius 1 is 0.607 bits per heavy atom. The van der Waals surface area contributed by atoms with Crippen molar-refractivity contribution in [3.05, 3.63) is 0 Å². The molecule has 2 unspecified atom stereocenters. The first-order chi connectivity index (χ1) is 28.4. The molecule has 0 aromatic heterocycles. The summed E-state index contributed by atoms with van der Waals surface area (Å²) in [5.74, 6) is -13.3. The van der Waals surface area contributed by atoms with Crippen molar-refractivity contribution in [3.63, 3.8) is 0 Å². The number of carbonyl (C=O) groups excluding carboxylic acids is 3. The molecule has 0 aliphatic rings. The van der Waals surface area contributed by atoms with Crippen molar-refractivity contribution in [2.24, 2.45) is 23.7 Å². The predicted molar refractivity (Wildman–Crippen MR) is 212 cm³/mol. The number of rotatable bonds is 36. The Balaban J connectivity index is 5.68. The molecule has 0 amide bonds. The maximum absolute atomic E-state index is 13.1. The molecular weight excluding hydrogens is 814 g/mol. The van der Waals surface area contributed by atoms with Crippen molar-refractivity contribution in [3.8, 4) is 0 Å². The highest BCUT2D eigenvalue weighted by molar-refractivity contribution is 5.85. The molecule has 354 valence electrons. The minimum atomic E-state index is -1.98. The van der Waals surface area contributed by atoms with Crippen LogP contribution in [0.2, 0.25) is 0 Å². The van der Waals surface area contributed by atoms with Gasteiger partial charge in [-0.25, -0.2) is 0 Å². The number of esters is 2. The molecule has 12 N–H and O–H groups in total. The van der Waals surface area contributed by atoms with E-state index < -0.39 is 159 Å². The van der Waals surface area contributed by atoms with Crippen LogP contribution in [-0.4, -0.2) is 166 Å². The van der Waals surface area contributed by atoms with E-state index in [1.807, 2.05) is 6.92 Å². The van der Waals surface area contributed by atoms with Crippen LogP contribution in [-0.2, 0) is 43.0 Å². The highest BCUT2D eigenvalue weighted by Gasteiger charge is 2.37. The number of ketones is 1. The van der Waals surface area contributed by atoms with Gasteiger partial charge in [0.2, 0.25) is 0 Å². The Kier molecular flexibility index (Phi) is 28.4. The second-order valence-electron chi connectivity index (χ2n) is 16.1. The van der Waals surface area contributed by atoms with Crippen LogP contribution in [0.1, 0.15) is 118 Å². The van der Waals surface area contributed by atoms with Crippen LogP contribution in [0.25, 0.3) is 0 Å². The number of ether oxygens (including phenoxy) is 2. The van der Waals surface area contributed by atoms with Crippen LogP contribution in [0.4, 0.5) is 0 Å². The summed E-state index contributed by atoms with van der Waals surface area (Å²) in [6.45, 7) is 5.49. The molecule has 0 saturated heterocycles. The maximum Gasteiger partial charge on any atom is 0.307 e. The van der Waals surface area contributed by atoms with E-state index in [1.165, 1.54) is 6.92 Å². The van der Waals surface area contributed by atoms with Gasteiger partial charge < -0.3 is 71.0 Å². The van der Waals surface area contributed by atoms with Gasteiger partial charge in [0.05, 0.1) is 69.0 Å². The normalized spacial score (nSPS) is 18.1. The topological polar surface area (TPSA) is 373 Å². The molecule has 0 aromatic rings. The van der Waals surface area contributed by atoms with Crippen molar-refractivity contribution in [2.75, 3.05) is 13.2 Å². The second-order valence-corrected chi connectivity index (χ2v) is 16.1. The predicted octanol–water partition coefficient (Wildman–Crippen LogP) is -0.161. The van der Waals surface area contributed by atoms with E-state index in [-0.39, 0.29) is 32.1 Å². The van der Waals surface area contributed by atoms with Gasteiger partial charge in [-0.3, -0.25) is 33.6 Å². The van der Waals surface area contributed by atoms with Gasteiger partial charge in [-0.1, -0.05) is 46.5 Å². The van der Waals surface area contributed by atoms with E-state index in [9.17, 15) is 74.4 Å². The van der Waals surface area contributed by atoms with Gasteiger partial charge in [-0.2, -0.15) is 0 Å². The molecule has 0 aliphatic carbocycles. The van der Waals surface area contributed by atoms with Crippen molar-refractivity contribution in [2.45, 2.75) is 172 Å². The molecule has 21 heteroatoms. The lowest BCUT2D eigenvalue weighted by molar-refractivity contribution is -0.177. The van der Waals surface area contributed by atoms with Crippen LogP contribution >= 0.6 is 0 Å². The number of aliphatic hydroxyl groups is 7. The molecular formula is C40H69NO20. The first-order valence-electron chi connectivity index (χ1n) is 20.7. The Hall–Kier alpha value is -3.83. The van der Waals surface area contributed by atoms with Crippen LogP contribution in [0.5, 0.6) is 0 Å². The Labute approximate surface area is 355 Å². The molecule has 61 heavy (non-hydrogen) atoms. The van der Waals surface area contributed by atoms with Crippen molar-refractivity contribution < 1.29 is 99.2 Å². The average Bonchev–Trinajstić information content (AvgIpc) is 3.17. The summed E-state index contributed by atoms with van der Waals surface area (Å²) in [6, 6.07) is -0.725. The van der Waals surface area contributed by atoms with Gasteiger partial charge in [0.25, 0.3) is 0 Å². The fourth-order valence-corrected chi connectivity index (χ4v) is 6.68. The Morgan fingerprint density at radius 2 is 1.10 bits per heavy atom. The van der Waals surface area contributed by atoms with Gasteiger partial charge in [0.15, 0.2) is 5.78 Å². The maximum atomic E-state index is 13.1. The number of Topliss-reactive ketones (excluding diaryl/α,β-unsaturated/α-hetero) is 1. The number of carbonyl (C=O) groups is 7. The molecule has 0 rings (SSSR count). The molecule has 0 saturated carbocycles. The third-order valence-electron chi connectivity index (χ3n) is 10.4. The van der Waals surface area contributed by atoms with Crippen LogP contribution < -0.4 is 5.32 Å². The van der Waals surface area contributed by atoms with E-state index in [0.29, 0.717) is 25.7 Å². The molecule has 0 aromatic carbocycles. The lowest BCUT2D eigenvalue weighted by atomic mass is 9.87. The van der Waals surface area contributed by atoms with Crippen LogP contribution in [0.3, 0.4) is 0 Å². The number of aliphatic carboxylic acids is 4. The summed E-state index contributed by atoms with van der Waals surface area (Å²) >= 11 is 0. The average molecular weight is 884 g/mol. The standard InChI is InChI=1S/C40H69NO20/c1-5-6-9-22(3)38(61-35(53)17-25(40(58)59)15-33(50)51)31(60-34(52)16-24(39(56)57)14-32(48)49)13-21(2)12-26(43)10-7-8-11-27(44)18-28(45)23(4)41-19-29(46)36(54)37(55)30(47)20-42/h21-28,30-31,36-38,41-45,47,54-55H,5-20H2,1-4H3,(H,48,49)(H,50,51)(H,56,57)(H,58,59)/t21-,22+,23-,24?,25?,26-,27+,28-,30+,31-,36+,37+,38-/m0/s1. The molecule has 0 aliphatic heterocycles. The number of hydrogen-bond donors (Lipinski definition) is 12. The molecule has 0 fully saturated rings. The van der Waals surface area contributed by atoms with E-state index >= 15 is 0 Å². The van der Waals surface area contributed by atoms with Crippen molar-refractivity contribution in [1.82, 2.24) is 5.32 Å². The van der Waals surface area contributed by atoms with Gasteiger partial charge in [0, 0.05) is 12.5 Å². The smallest absolute Gasteiger partial charge is 0.307 e. The van der Waals surface area contributed by atoms with Crippen molar-refractivity contribution in [1.29, 1.82) is 0 Å². The number of unbranched alkanes of at least 4 members (excludes halogenated alkanes) is 2. The van der Waals surface area contributed by atoms with E-state index in [4.69, 9.17) is 24.8 Å². The summed E-state index contributed by atoms with van der Waals surface area (Å²) in [7, 11) is 0. The zero-order valence-electron chi connectivity index (χ0n) is 35.4. The highest BCUT2D eigenvalue weighted by Crippen LogP contribution is 2.29. The van der Waals surface area contributed by atoms with Crippen LogP contribution in [0, 0.1) is 23.7 Å². The summed E-state index contributed by atoms with van der Waals surface area (Å²) in [5, 5.41) is 110. The van der Waals surface area contributed by atoms with E-state index in [0.717, 1.165) is 6.42 Å². The lowest BCUT2D eigenvalue weighted by Crippen LogP contribution is -2.49. The first kappa shape index (κ1) is 57.2. The van der Waals surface area contributed by atoms with Crippen molar-refractivity contribution >= 4 is 41.6 Å². The van der Waals surface area contributed by atoms with Gasteiger partial charge in [0.1, 0.15) is 30.5 Å². The quantitative estimate of drug-likeness (QED) is 0.0287. The SMILES string of the molecule is CCCC[C@@H](C)[C@H](OC(=O)CC(CC(=O)O)C(=O)O)[C@H](C[C@@H](C)C[C@@H](O)CCCC[C@@H](O)C[C@H](O)[C@H](C)NCC(=O)[C@@H](O)[C@H](O)[C@H](O)CO)OC(=O)CC(CC(=O)O)C(=O)O. The molecule has 21 nitrogen and oxygen atoms in total. The second kappa shape index (κ2) is 30.3. The third kappa shape index (κ3) is 24.4. The fourth-order valence-electron chi connectivity index (χ4n) is 6.68. The van der Waals surface area contributed by atoms with Gasteiger partial charge in [-0.05, 0) is 50.9 Å². The fraction of sp³-hybridized carbons (Fsp3) is 0.825. The van der Waals surface area contributed by atoms with Crippen LogP contribution in [0.15, 0.2) is 0 Å². The number of hydrogen-bond acceptors (Lipinski definition) is 17. The minimum absolute atomic E-state index is 0.0378. The van der Waals surface area contributed by atoms with Gasteiger partial charge >= 0.3 is 35.8 Å². The minimum Gasteiger partial charge on any atom is -0.481 e. The number of nitrogens with one attached hydrogen (secondary N) is 1. The Morgan fingerprint density at radius 3 is 1.56 bits per heavy atom. The molecule has 0 bridgehead atoms. The summed E-state index contributed by atoms with van der Waals surface area (Å²) < 4.78 is 11.4. The number of carboxylic acid groups (broad SMARTS) is 4. The van der Waals surface area contributed by atoms with E-state index in [2.05, 4.69) is 5.32 Å². The zero-order chi connectivity index (χ0) is 47.0. The molecule has 0 heterocycles. The Bertz CT molecular complexity index is 1360. The summed E-state index contributed by atoms with van der Waals surface area (Å²) in [4.78, 5) is 84.2. The lowest BCUT2D eigenvalue weighted by Gasteiger charge is -2.33. The zero-order valence-corrected chi connectivity index (χ0v) is 35.4.